The molecule has 0 radical (unpaired) electrons. The molecule has 26 heavy (non-hydrogen) atoms. The number of hydrazone groups is 1. The molecule has 0 aliphatic carbocycles. The van der Waals surface area contributed by atoms with Gasteiger partial charge in [-0.2, -0.15) is 18.4 Å². The molecule has 0 unspecified atom stereocenters. The highest BCUT2D eigenvalue weighted by Gasteiger charge is 2.16. The van der Waals surface area contributed by atoms with E-state index in [9.17, 15) is 8.42 Å². The largest absolute Gasteiger partial charge is 0.276 e. The van der Waals surface area contributed by atoms with Crippen LogP contribution in [-0.4, -0.2) is 34.3 Å². The number of nitrogens with zero attached hydrogens (tertiary/aromatic N) is 5. The van der Waals surface area contributed by atoms with Crippen molar-refractivity contribution in [3.8, 4) is 5.69 Å². The van der Waals surface area contributed by atoms with Crippen LogP contribution in [0.2, 0.25) is 0 Å². The smallest absolute Gasteiger partial charge is 0.201 e. The summed E-state index contributed by atoms with van der Waals surface area (Å²) in [4.78, 5) is 2.53. The molecule has 0 saturated carbocycles. The fourth-order valence-electron chi connectivity index (χ4n) is 2.39. The molecule has 8 nitrogen and oxygen atoms in total. The molecule has 0 atom stereocenters. The molecule has 0 amide bonds. The van der Waals surface area contributed by atoms with E-state index in [2.05, 4.69) is 25.5 Å². The summed E-state index contributed by atoms with van der Waals surface area (Å²) < 4.78 is 26.6. The number of aromatic nitrogens is 4. The number of rotatable bonds is 5. The van der Waals surface area contributed by atoms with Crippen molar-refractivity contribution in [2.75, 3.05) is 0 Å². The second-order valence-electron chi connectivity index (χ2n) is 5.87. The van der Waals surface area contributed by atoms with Crippen LogP contribution in [0.3, 0.4) is 0 Å². The van der Waals surface area contributed by atoms with Crippen LogP contribution in [0.25, 0.3) is 5.69 Å². The molecule has 0 spiro atoms. The van der Waals surface area contributed by atoms with Gasteiger partial charge in [0.05, 0.1) is 16.3 Å². The van der Waals surface area contributed by atoms with Crippen molar-refractivity contribution in [2.45, 2.75) is 25.7 Å². The highest BCUT2D eigenvalue weighted by atomic mass is 32.2. The molecule has 134 valence electrons. The SMILES string of the molecule is C/C(=N/NS(=O)(=O)c1cc(C)ccc1C)c1cccc(-n2cnnn2)c1. The summed E-state index contributed by atoms with van der Waals surface area (Å²) >= 11 is 0. The molecule has 1 N–H and O–H groups in total. The Hall–Kier alpha value is -3.07. The topological polar surface area (TPSA) is 102 Å². The average Bonchev–Trinajstić information content (AvgIpc) is 3.16. The van der Waals surface area contributed by atoms with E-state index in [-0.39, 0.29) is 4.90 Å². The molecule has 1 aromatic heterocycles. The van der Waals surface area contributed by atoms with Crippen molar-refractivity contribution in [2.24, 2.45) is 5.10 Å². The van der Waals surface area contributed by atoms with Gasteiger partial charge in [-0.3, -0.25) is 0 Å². The van der Waals surface area contributed by atoms with E-state index in [1.54, 1.807) is 26.0 Å². The summed E-state index contributed by atoms with van der Waals surface area (Å²) in [6, 6.07) is 12.6. The normalized spacial score (nSPS) is 12.2. The van der Waals surface area contributed by atoms with Gasteiger partial charge in [0.1, 0.15) is 6.33 Å². The first-order valence-electron chi connectivity index (χ1n) is 7.84. The molecular weight excluding hydrogens is 352 g/mol. The summed E-state index contributed by atoms with van der Waals surface area (Å²) in [6.45, 7) is 5.32. The molecule has 0 aliphatic heterocycles. The second kappa shape index (κ2) is 7.04. The highest BCUT2D eigenvalue weighted by molar-refractivity contribution is 7.89. The third-order valence-corrected chi connectivity index (χ3v) is 5.19. The number of hydrogen-bond acceptors (Lipinski definition) is 6. The molecule has 0 bridgehead atoms. The third-order valence-electron chi connectivity index (χ3n) is 3.84. The van der Waals surface area contributed by atoms with Gasteiger partial charge in [-0.1, -0.05) is 24.3 Å². The van der Waals surface area contributed by atoms with Gasteiger partial charge in [-0.05, 0) is 66.1 Å². The minimum atomic E-state index is -3.74. The Morgan fingerprint density at radius 1 is 1.15 bits per heavy atom. The van der Waals surface area contributed by atoms with Crippen molar-refractivity contribution in [3.63, 3.8) is 0 Å². The van der Waals surface area contributed by atoms with E-state index >= 15 is 0 Å². The van der Waals surface area contributed by atoms with E-state index < -0.39 is 10.0 Å². The Kier molecular flexibility index (Phi) is 4.81. The van der Waals surface area contributed by atoms with Crippen LogP contribution >= 0.6 is 0 Å². The first-order valence-corrected chi connectivity index (χ1v) is 9.32. The predicted octanol–water partition coefficient (Wildman–Crippen LogP) is 1.98. The van der Waals surface area contributed by atoms with Crippen molar-refractivity contribution >= 4 is 15.7 Å². The van der Waals surface area contributed by atoms with Gasteiger partial charge >= 0.3 is 0 Å². The van der Waals surface area contributed by atoms with E-state index in [1.807, 2.05) is 37.3 Å². The quantitative estimate of drug-likeness (QED) is 0.546. The standard InChI is InChI=1S/C17H18N6O2S/c1-12-7-8-13(2)17(9-12)26(24,25)22-19-14(3)15-5-4-6-16(10-15)23-11-18-20-21-23/h4-11,22H,1-3H3/b19-14-. The van der Waals surface area contributed by atoms with Gasteiger partial charge < -0.3 is 0 Å². The first-order chi connectivity index (χ1) is 12.4. The third kappa shape index (κ3) is 3.77. The van der Waals surface area contributed by atoms with Crippen LogP contribution in [0.1, 0.15) is 23.6 Å². The molecule has 3 aromatic rings. The lowest BCUT2D eigenvalue weighted by molar-refractivity contribution is 0.583. The highest BCUT2D eigenvalue weighted by Crippen LogP contribution is 2.17. The van der Waals surface area contributed by atoms with Crippen LogP contribution in [0.4, 0.5) is 0 Å². The zero-order valence-corrected chi connectivity index (χ0v) is 15.4. The first kappa shape index (κ1) is 17.7. The minimum Gasteiger partial charge on any atom is -0.201 e. The molecular formula is C17H18N6O2S. The summed E-state index contributed by atoms with van der Waals surface area (Å²) in [7, 11) is -3.74. The maximum atomic E-state index is 12.5. The number of benzene rings is 2. The van der Waals surface area contributed by atoms with Gasteiger partial charge in [-0.15, -0.1) is 5.10 Å². The zero-order chi connectivity index (χ0) is 18.7. The lowest BCUT2D eigenvalue weighted by Crippen LogP contribution is -2.21. The van der Waals surface area contributed by atoms with Crippen LogP contribution in [0, 0.1) is 13.8 Å². The predicted molar refractivity (Wildman–Crippen MR) is 97.6 cm³/mol. The Bertz CT molecular complexity index is 1060. The van der Waals surface area contributed by atoms with E-state index in [1.165, 1.54) is 11.0 Å². The number of hydrogen-bond donors (Lipinski definition) is 1. The molecule has 0 fully saturated rings. The molecule has 0 saturated heterocycles. The summed E-state index contributed by atoms with van der Waals surface area (Å²) in [5.74, 6) is 0. The number of sulfonamides is 1. The van der Waals surface area contributed by atoms with Gasteiger partial charge in [-0.25, -0.2) is 4.68 Å². The van der Waals surface area contributed by atoms with Crippen molar-refractivity contribution < 1.29 is 8.42 Å². The summed E-state index contributed by atoms with van der Waals surface area (Å²) in [5, 5.41) is 15.1. The number of aryl methyl sites for hydroxylation is 2. The van der Waals surface area contributed by atoms with Gasteiger partial charge in [0.2, 0.25) is 0 Å². The van der Waals surface area contributed by atoms with E-state index in [4.69, 9.17) is 0 Å². The lowest BCUT2D eigenvalue weighted by Gasteiger charge is -2.09. The zero-order valence-electron chi connectivity index (χ0n) is 14.6. The fourth-order valence-corrected chi connectivity index (χ4v) is 3.58. The lowest BCUT2D eigenvalue weighted by atomic mass is 10.1. The Labute approximate surface area is 151 Å². The molecule has 9 heteroatoms. The van der Waals surface area contributed by atoms with Crippen LogP contribution in [-0.2, 0) is 10.0 Å². The van der Waals surface area contributed by atoms with Gasteiger partial charge in [0.25, 0.3) is 10.0 Å². The van der Waals surface area contributed by atoms with Crippen molar-refractivity contribution in [3.05, 3.63) is 65.5 Å². The van der Waals surface area contributed by atoms with Crippen molar-refractivity contribution in [1.82, 2.24) is 25.0 Å². The summed E-state index contributed by atoms with van der Waals surface area (Å²) in [6.07, 6.45) is 1.48. The molecule has 1 heterocycles. The maximum Gasteiger partial charge on any atom is 0.276 e. The van der Waals surface area contributed by atoms with Crippen LogP contribution in [0.15, 0.2) is 58.8 Å². The van der Waals surface area contributed by atoms with Gasteiger partial charge in [0, 0.05) is 0 Å². The van der Waals surface area contributed by atoms with Crippen LogP contribution in [0.5, 0.6) is 0 Å². The Morgan fingerprint density at radius 3 is 2.69 bits per heavy atom. The Morgan fingerprint density at radius 2 is 1.96 bits per heavy atom. The molecule has 0 aliphatic rings. The summed E-state index contributed by atoms with van der Waals surface area (Å²) in [5.41, 5.74) is 3.55. The second-order valence-corrected chi connectivity index (χ2v) is 7.49. The fraction of sp³-hybridized carbons (Fsp3) is 0.176. The monoisotopic (exact) mass is 370 g/mol. The van der Waals surface area contributed by atoms with Gasteiger partial charge in [0.15, 0.2) is 0 Å². The molecule has 2 aromatic carbocycles. The van der Waals surface area contributed by atoms with E-state index in [0.717, 1.165) is 16.8 Å². The number of tetrazole rings is 1. The van der Waals surface area contributed by atoms with E-state index in [0.29, 0.717) is 11.3 Å². The maximum absolute atomic E-state index is 12.5. The minimum absolute atomic E-state index is 0.219. The Balaban J connectivity index is 1.86. The van der Waals surface area contributed by atoms with Crippen LogP contribution < -0.4 is 4.83 Å². The van der Waals surface area contributed by atoms with Crippen molar-refractivity contribution in [1.29, 1.82) is 0 Å². The average molecular weight is 370 g/mol. The molecule has 3 rings (SSSR count). The number of nitrogens with one attached hydrogen (secondary N) is 1.